The second-order valence-corrected chi connectivity index (χ2v) is 6.08. The van der Waals surface area contributed by atoms with Gasteiger partial charge >= 0.3 is 5.97 Å². The van der Waals surface area contributed by atoms with Gasteiger partial charge in [-0.2, -0.15) is 0 Å². The lowest BCUT2D eigenvalue weighted by Crippen LogP contribution is -2.16. The van der Waals surface area contributed by atoms with Crippen molar-refractivity contribution < 1.29 is 19.2 Å². The topological polar surface area (TPSA) is 78.7 Å². The van der Waals surface area contributed by atoms with Gasteiger partial charge in [0.2, 0.25) is 0 Å². The molecule has 124 valence electrons. The van der Waals surface area contributed by atoms with Crippen molar-refractivity contribution in [1.29, 1.82) is 0 Å². The van der Waals surface area contributed by atoms with Gasteiger partial charge in [-0.25, -0.2) is 4.79 Å². The molecule has 23 heavy (non-hydrogen) atoms. The molecule has 1 atom stereocenters. The Bertz CT molecular complexity index is 629. The van der Waals surface area contributed by atoms with Gasteiger partial charge in [0, 0.05) is 0 Å². The van der Waals surface area contributed by atoms with E-state index >= 15 is 0 Å². The van der Waals surface area contributed by atoms with Gasteiger partial charge in [-0.3, -0.25) is 10.1 Å². The maximum atomic E-state index is 12.3. The molecule has 0 bridgehead atoms. The van der Waals surface area contributed by atoms with Crippen molar-refractivity contribution in [3.05, 3.63) is 40.0 Å². The van der Waals surface area contributed by atoms with E-state index in [1.54, 1.807) is 0 Å². The zero-order valence-electron chi connectivity index (χ0n) is 13.1. The van der Waals surface area contributed by atoms with E-state index in [9.17, 15) is 14.9 Å². The minimum absolute atomic E-state index is 0.0356. The van der Waals surface area contributed by atoms with Crippen molar-refractivity contribution in [2.75, 3.05) is 20.0 Å². The Morgan fingerprint density at radius 2 is 2.22 bits per heavy atom. The molecule has 0 fully saturated rings. The molecule has 1 aromatic rings. The Balaban J connectivity index is 2.20. The Hall–Kier alpha value is -2.02. The predicted molar refractivity (Wildman–Crippen MR) is 88.2 cm³/mol. The first kappa shape index (κ1) is 17.3. The van der Waals surface area contributed by atoms with Crippen molar-refractivity contribution in [1.82, 2.24) is 0 Å². The molecule has 1 aliphatic carbocycles. The van der Waals surface area contributed by atoms with Crippen LogP contribution >= 0.6 is 11.8 Å². The van der Waals surface area contributed by atoms with E-state index < -0.39 is 10.9 Å². The van der Waals surface area contributed by atoms with E-state index in [0.717, 1.165) is 19.3 Å². The van der Waals surface area contributed by atoms with Crippen LogP contribution in [0.5, 0.6) is 5.75 Å². The number of benzene rings is 1. The van der Waals surface area contributed by atoms with Crippen LogP contribution in [0.25, 0.3) is 0 Å². The molecule has 0 radical (unpaired) electrons. The van der Waals surface area contributed by atoms with Gasteiger partial charge in [0.05, 0.1) is 29.6 Å². The van der Waals surface area contributed by atoms with Crippen LogP contribution in [0.15, 0.2) is 29.2 Å². The third kappa shape index (κ3) is 4.25. The fraction of sp³-hybridized carbons (Fsp3) is 0.438. The van der Waals surface area contributed by atoms with Crippen LogP contribution in [0.3, 0.4) is 0 Å². The summed E-state index contributed by atoms with van der Waals surface area (Å²) in [6.45, 7) is 0.279. The summed E-state index contributed by atoms with van der Waals surface area (Å²) >= 11 is 1.35. The lowest BCUT2D eigenvalue weighted by molar-refractivity contribution is -0.385. The molecule has 0 aromatic heterocycles. The SMILES string of the molecule is COc1cc([N+](=O)[O-])c(C(=O)OCC2CC=CCC2)cc1SC. The molecule has 2 rings (SSSR count). The quantitative estimate of drug-likeness (QED) is 0.258. The number of hydrogen-bond acceptors (Lipinski definition) is 6. The first-order valence-electron chi connectivity index (χ1n) is 7.29. The first-order valence-corrected chi connectivity index (χ1v) is 8.51. The number of carbonyl (C=O) groups excluding carboxylic acids is 1. The summed E-state index contributed by atoms with van der Waals surface area (Å²) in [7, 11) is 1.44. The van der Waals surface area contributed by atoms with E-state index in [1.165, 1.54) is 31.0 Å². The molecule has 7 heteroatoms. The van der Waals surface area contributed by atoms with Crippen molar-refractivity contribution in [3.8, 4) is 5.75 Å². The number of hydrogen-bond donors (Lipinski definition) is 0. The van der Waals surface area contributed by atoms with Crippen molar-refractivity contribution in [2.24, 2.45) is 5.92 Å². The fourth-order valence-electron chi connectivity index (χ4n) is 2.46. The van der Waals surface area contributed by atoms with Gasteiger partial charge < -0.3 is 9.47 Å². The largest absolute Gasteiger partial charge is 0.495 e. The monoisotopic (exact) mass is 337 g/mol. The summed E-state index contributed by atoms with van der Waals surface area (Å²) in [6.07, 6.45) is 8.80. The summed E-state index contributed by atoms with van der Waals surface area (Å²) in [5.41, 5.74) is -0.334. The number of nitro groups is 1. The Labute approximate surface area is 139 Å². The van der Waals surface area contributed by atoms with Crippen LogP contribution in [-0.4, -0.2) is 30.9 Å². The third-order valence-corrected chi connectivity index (χ3v) is 4.51. The second kappa shape index (κ2) is 8.01. The molecule has 0 amide bonds. The van der Waals surface area contributed by atoms with Gasteiger partial charge in [0.25, 0.3) is 5.69 Å². The van der Waals surface area contributed by atoms with Crippen molar-refractivity contribution in [3.63, 3.8) is 0 Å². The molecule has 0 aliphatic heterocycles. The van der Waals surface area contributed by atoms with Gasteiger partial charge in [-0.05, 0) is 37.5 Å². The minimum Gasteiger partial charge on any atom is -0.495 e. The smallest absolute Gasteiger partial charge is 0.345 e. The standard InChI is InChI=1S/C16H19NO5S/c1-21-14-9-13(17(19)20)12(8-15(14)23-2)16(18)22-10-11-6-4-3-5-7-11/h3-4,8-9,11H,5-7,10H2,1-2H3. The highest BCUT2D eigenvalue weighted by atomic mass is 32.2. The van der Waals surface area contributed by atoms with E-state index in [0.29, 0.717) is 10.6 Å². The summed E-state index contributed by atoms with van der Waals surface area (Å²) in [5.74, 6) is -0.0105. The van der Waals surface area contributed by atoms with Crippen LogP contribution in [0, 0.1) is 16.0 Å². The Kier molecular flexibility index (Phi) is 6.04. The normalized spacial score (nSPS) is 16.9. The molecule has 0 N–H and O–H groups in total. The molecule has 1 aromatic carbocycles. The molecule has 1 aliphatic rings. The summed E-state index contributed by atoms with van der Waals surface area (Å²) in [5, 5.41) is 11.2. The van der Waals surface area contributed by atoms with Crippen LogP contribution in [0.1, 0.15) is 29.6 Å². The van der Waals surface area contributed by atoms with Crippen LogP contribution in [0.2, 0.25) is 0 Å². The number of thioether (sulfide) groups is 1. The fourth-order valence-corrected chi connectivity index (χ4v) is 3.04. The molecule has 0 heterocycles. The van der Waals surface area contributed by atoms with Crippen molar-refractivity contribution >= 4 is 23.4 Å². The maximum absolute atomic E-state index is 12.3. The highest BCUT2D eigenvalue weighted by molar-refractivity contribution is 7.98. The summed E-state index contributed by atoms with van der Waals surface area (Å²) < 4.78 is 10.4. The number of carbonyl (C=O) groups is 1. The Morgan fingerprint density at radius 3 is 2.78 bits per heavy atom. The first-order chi connectivity index (χ1) is 11.1. The predicted octanol–water partition coefficient (Wildman–Crippen LogP) is 3.84. The van der Waals surface area contributed by atoms with Crippen LogP contribution < -0.4 is 4.74 Å². The third-order valence-electron chi connectivity index (χ3n) is 3.75. The molecular formula is C16H19NO5S. The number of rotatable bonds is 6. The van der Waals surface area contributed by atoms with E-state index in [-0.39, 0.29) is 23.8 Å². The number of nitrogens with zero attached hydrogens (tertiary/aromatic N) is 1. The van der Waals surface area contributed by atoms with Gasteiger partial charge in [0.15, 0.2) is 0 Å². The van der Waals surface area contributed by atoms with E-state index in [1.807, 2.05) is 6.26 Å². The van der Waals surface area contributed by atoms with Crippen molar-refractivity contribution in [2.45, 2.75) is 24.2 Å². The molecule has 0 saturated carbocycles. The van der Waals surface area contributed by atoms with Gasteiger partial charge in [-0.15, -0.1) is 11.8 Å². The molecule has 0 saturated heterocycles. The second-order valence-electron chi connectivity index (χ2n) is 5.23. The number of nitro benzene ring substituents is 1. The molecule has 1 unspecified atom stereocenters. The highest BCUT2D eigenvalue weighted by Gasteiger charge is 2.25. The zero-order valence-corrected chi connectivity index (χ0v) is 13.9. The lowest BCUT2D eigenvalue weighted by atomic mass is 9.95. The van der Waals surface area contributed by atoms with E-state index in [4.69, 9.17) is 9.47 Å². The van der Waals surface area contributed by atoms with Crippen LogP contribution in [-0.2, 0) is 4.74 Å². The highest BCUT2D eigenvalue weighted by Crippen LogP contribution is 2.35. The average molecular weight is 337 g/mol. The minimum atomic E-state index is -0.663. The molecule has 0 spiro atoms. The zero-order chi connectivity index (χ0) is 16.8. The molecular weight excluding hydrogens is 318 g/mol. The van der Waals surface area contributed by atoms with Crippen LogP contribution in [0.4, 0.5) is 5.69 Å². The summed E-state index contributed by atoms with van der Waals surface area (Å²) in [6, 6.07) is 2.73. The maximum Gasteiger partial charge on any atom is 0.345 e. The average Bonchev–Trinajstić information content (AvgIpc) is 2.59. The number of allylic oxidation sites excluding steroid dienone is 2. The van der Waals surface area contributed by atoms with Gasteiger partial charge in [-0.1, -0.05) is 12.2 Å². The number of ether oxygens (including phenoxy) is 2. The van der Waals surface area contributed by atoms with Gasteiger partial charge in [0.1, 0.15) is 11.3 Å². The lowest BCUT2D eigenvalue weighted by Gasteiger charge is -2.17. The molecule has 6 nitrogen and oxygen atoms in total. The number of methoxy groups -OCH3 is 1. The number of esters is 1. The Morgan fingerprint density at radius 1 is 1.43 bits per heavy atom. The van der Waals surface area contributed by atoms with E-state index in [2.05, 4.69) is 12.2 Å². The summed E-state index contributed by atoms with van der Waals surface area (Å²) in [4.78, 5) is 23.6.